The van der Waals surface area contributed by atoms with E-state index in [1.165, 1.54) is 23.7 Å². The first kappa shape index (κ1) is 54.1. The zero-order valence-corrected chi connectivity index (χ0v) is 30.0. The van der Waals surface area contributed by atoms with Gasteiger partial charge in [-0.15, -0.1) is 0 Å². The molecule has 1 fully saturated rings. The summed E-state index contributed by atoms with van der Waals surface area (Å²) in [7, 11) is 3.03. The minimum Gasteiger partial charge on any atom is -0.505 e. The van der Waals surface area contributed by atoms with Crippen molar-refractivity contribution < 1.29 is 39.3 Å². The molecule has 264 valence electrons. The Morgan fingerprint density at radius 3 is 1.71 bits per heavy atom. The second kappa shape index (κ2) is 35.1. The molecule has 0 unspecified atom stereocenters. The van der Waals surface area contributed by atoms with Crippen molar-refractivity contribution in [3.63, 3.8) is 0 Å². The number of carbonyl (C=O) groups is 5. The number of carbonyl (C=O) groups excluding carboxylic acids is 3. The topological polar surface area (TPSA) is 189 Å². The summed E-state index contributed by atoms with van der Waals surface area (Å²) in [5.41, 5.74) is 0.458. The maximum absolute atomic E-state index is 11.2. The van der Waals surface area contributed by atoms with Gasteiger partial charge >= 0.3 is 12.1 Å². The molecule has 0 bridgehead atoms. The number of allylic oxidation sites excluding steroid dienone is 3. The van der Waals surface area contributed by atoms with Gasteiger partial charge in [-0.3, -0.25) is 24.1 Å². The van der Waals surface area contributed by atoms with E-state index in [0.29, 0.717) is 15.8 Å². The standard InChI is InChI=1S/C10H19N3O5.C6H7NO2.C5H5NOS2.4C2H6.CH4/c1-3-13(10(17)18)5-4-12(7-9(15)16)6-8(14)11-2;1-3-5(8)4(7-2)6(3)9;1-2-3-4(7)6-5(8)9-3;4*1-2;/h3-7H2,1-2H3,(H,11,14)(H,15,16)(H,17,18);7-8H,1H2,2H3;2H,1H3,(H,6,7,8);4*1-2H3;1H4/b;;3-2-;;;;;. The number of carboxylic acids is 1. The van der Waals surface area contributed by atoms with E-state index in [9.17, 15) is 24.0 Å². The molecule has 15 heteroatoms. The van der Waals surface area contributed by atoms with Gasteiger partial charge in [-0.25, -0.2) is 4.79 Å². The normalized spacial score (nSPS) is 12.8. The number of rotatable bonds is 9. The molecular weight excluding hydrogens is 622 g/mol. The van der Waals surface area contributed by atoms with Crippen LogP contribution >= 0.6 is 24.0 Å². The average Bonchev–Trinajstić information content (AvgIpc) is 3.37. The zero-order valence-electron chi connectivity index (χ0n) is 28.4. The Morgan fingerprint density at radius 1 is 0.978 bits per heavy atom. The van der Waals surface area contributed by atoms with E-state index in [1.807, 2.05) is 62.3 Å². The van der Waals surface area contributed by atoms with Gasteiger partial charge in [0.1, 0.15) is 10.0 Å². The second-order valence-corrected chi connectivity index (χ2v) is 8.64. The van der Waals surface area contributed by atoms with Crippen LogP contribution in [0.1, 0.15) is 76.7 Å². The molecule has 2 aliphatic rings. The number of aliphatic hydroxyl groups is 1. The first-order valence-electron chi connectivity index (χ1n) is 14.5. The molecule has 0 aromatic heterocycles. The van der Waals surface area contributed by atoms with E-state index >= 15 is 0 Å². The number of thioether (sulfide) groups is 1. The van der Waals surface area contributed by atoms with Crippen LogP contribution in [-0.4, -0.2) is 106 Å². The summed E-state index contributed by atoms with van der Waals surface area (Å²) in [5.74, 6) is -1.66. The molecule has 1 aliphatic heterocycles. The quantitative estimate of drug-likeness (QED) is 0.141. The van der Waals surface area contributed by atoms with Gasteiger partial charge in [0, 0.05) is 33.7 Å². The van der Waals surface area contributed by atoms with Gasteiger partial charge in [-0.1, -0.05) is 99.5 Å². The van der Waals surface area contributed by atoms with Gasteiger partial charge in [0.25, 0.3) is 5.91 Å². The molecule has 6 N–H and O–H groups in total. The van der Waals surface area contributed by atoms with E-state index in [4.69, 9.17) is 27.5 Å². The highest BCUT2D eigenvalue weighted by molar-refractivity contribution is 8.26. The molecule has 0 saturated carbocycles. The number of amides is 3. The Hall–Kier alpha value is -3.43. The summed E-state index contributed by atoms with van der Waals surface area (Å²) in [6.07, 6.45) is 0.687. The number of aliphatic hydroxyl groups excluding tert-OH is 1. The smallest absolute Gasteiger partial charge is 0.407 e. The van der Waals surface area contributed by atoms with Crippen LogP contribution in [0.4, 0.5) is 4.79 Å². The molecule has 0 spiro atoms. The van der Waals surface area contributed by atoms with Crippen molar-refractivity contribution in [2.45, 2.75) is 76.7 Å². The number of Topliss-reactive ketones (excluding diaryl/α,β-unsaturated/α-hetero) is 1. The fourth-order valence-corrected chi connectivity index (χ4v) is 3.51. The molecule has 3 amide bonds. The predicted molar refractivity (Wildman–Crippen MR) is 190 cm³/mol. The van der Waals surface area contributed by atoms with Crippen molar-refractivity contribution in [3.05, 3.63) is 34.6 Å². The fourth-order valence-electron chi connectivity index (χ4n) is 2.54. The van der Waals surface area contributed by atoms with Crippen LogP contribution < -0.4 is 16.0 Å². The average molecular weight is 682 g/mol. The number of nitrogens with zero attached hydrogens (tertiary/aromatic N) is 2. The number of carboxylic acid groups (broad SMARTS) is 2. The summed E-state index contributed by atoms with van der Waals surface area (Å²) < 4.78 is 0.549. The van der Waals surface area contributed by atoms with Crippen LogP contribution in [0.5, 0.6) is 0 Å². The summed E-state index contributed by atoms with van der Waals surface area (Å²) in [5, 5.41) is 33.8. The molecule has 2 rings (SSSR count). The van der Waals surface area contributed by atoms with Gasteiger partial charge in [0.15, 0.2) is 5.76 Å². The summed E-state index contributed by atoms with van der Waals surface area (Å²) in [6.45, 7) is 23.1. The van der Waals surface area contributed by atoms with Gasteiger partial charge in [0.2, 0.25) is 11.7 Å². The summed E-state index contributed by atoms with van der Waals surface area (Å²) in [4.78, 5) is 57.1. The maximum atomic E-state index is 11.2. The predicted octanol–water partition coefficient (Wildman–Crippen LogP) is 5.01. The van der Waals surface area contributed by atoms with Crippen LogP contribution in [0.3, 0.4) is 0 Å². The van der Waals surface area contributed by atoms with Crippen LogP contribution in [0.25, 0.3) is 0 Å². The summed E-state index contributed by atoms with van der Waals surface area (Å²) in [6, 6.07) is 0. The van der Waals surface area contributed by atoms with Gasteiger partial charge in [-0.2, -0.15) is 0 Å². The number of nitrogens with one attached hydrogen (secondary N) is 3. The first-order chi connectivity index (χ1) is 20.8. The second-order valence-electron chi connectivity index (χ2n) is 6.92. The van der Waals surface area contributed by atoms with Crippen molar-refractivity contribution in [2.24, 2.45) is 0 Å². The number of thiocarbonyl (C=S) groups is 1. The first-order valence-corrected chi connectivity index (χ1v) is 15.7. The monoisotopic (exact) mass is 681 g/mol. The van der Waals surface area contributed by atoms with Crippen LogP contribution in [0.2, 0.25) is 0 Å². The third-order valence-electron chi connectivity index (χ3n) is 4.52. The molecule has 0 atom stereocenters. The minimum atomic E-state index is -1.06. The highest BCUT2D eigenvalue weighted by Crippen LogP contribution is 2.23. The lowest BCUT2D eigenvalue weighted by Crippen LogP contribution is -2.43. The van der Waals surface area contributed by atoms with E-state index < -0.39 is 12.1 Å². The summed E-state index contributed by atoms with van der Waals surface area (Å²) >= 11 is 6.04. The van der Waals surface area contributed by atoms with Crippen LogP contribution in [0.15, 0.2) is 34.6 Å². The molecule has 1 saturated heterocycles. The molecule has 13 nitrogen and oxygen atoms in total. The number of likely N-dealkylation sites (N-methyl/N-ethyl adjacent to an activating group) is 3. The third kappa shape index (κ3) is 24.6. The Bertz CT molecular complexity index is 970. The number of ketones is 1. The lowest BCUT2D eigenvalue weighted by molar-refractivity contribution is -0.138. The molecule has 0 aromatic rings. The van der Waals surface area contributed by atoms with Crippen molar-refractivity contribution in [3.8, 4) is 0 Å². The van der Waals surface area contributed by atoms with E-state index in [-0.39, 0.29) is 68.2 Å². The zero-order chi connectivity index (χ0) is 36.0. The molecule has 0 radical (unpaired) electrons. The van der Waals surface area contributed by atoms with Gasteiger partial charge in [-0.05, 0) is 13.8 Å². The maximum Gasteiger partial charge on any atom is 0.407 e. The molecule has 45 heavy (non-hydrogen) atoms. The van der Waals surface area contributed by atoms with Crippen molar-refractivity contribution in [1.82, 2.24) is 25.8 Å². The van der Waals surface area contributed by atoms with Crippen LogP contribution in [-0.2, 0) is 19.2 Å². The minimum absolute atomic E-state index is 0. The van der Waals surface area contributed by atoms with Crippen LogP contribution in [0, 0.1) is 0 Å². The Labute approximate surface area is 280 Å². The van der Waals surface area contributed by atoms with Crippen molar-refractivity contribution in [1.29, 1.82) is 0 Å². The largest absolute Gasteiger partial charge is 0.505 e. The lowest BCUT2D eigenvalue weighted by atomic mass is 9.96. The highest BCUT2D eigenvalue weighted by Gasteiger charge is 2.30. The van der Waals surface area contributed by atoms with E-state index in [0.717, 1.165) is 4.90 Å². The molecular formula is C30H59N5O8S2. The van der Waals surface area contributed by atoms with Gasteiger partial charge < -0.3 is 36.2 Å². The molecule has 1 heterocycles. The van der Waals surface area contributed by atoms with E-state index in [2.05, 4.69) is 22.5 Å². The number of aliphatic carboxylic acids is 1. The number of hydrogen-bond acceptors (Lipinski definition) is 10. The Kier molecular flexibility index (Phi) is 42.1. The van der Waals surface area contributed by atoms with Crippen molar-refractivity contribution >= 4 is 58.0 Å². The van der Waals surface area contributed by atoms with E-state index in [1.54, 1.807) is 20.0 Å². The molecule has 1 aliphatic carbocycles. The highest BCUT2D eigenvalue weighted by atomic mass is 32.2. The number of hydrogen-bond donors (Lipinski definition) is 6. The fraction of sp³-hybridized carbons (Fsp3) is 0.600. The third-order valence-corrected chi connectivity index (χ3v) is 5.80. The lowest BCUT2D eigenvalue weighted by Gasteiger charge is -2.23. The Balaban J connectivity index is -0.000000119. The Morgan fingerprint density at radius 2 is 1.47 bits per heavy atom. The van der Waals surface area contributed by atoms with Gasteiger partial charge in [0.05, 0.1) is 23.6 Å². The molecule has 0 aromatic carbocycles. The van der Waals surface area contributed by atoms with Crippen molar-refractivity contribution in [2.75, 3.05) is 46.8 Å². The SMILES string of the molecule is C.C/C=C1\SC(=S)NC1=O.C=C1C(=O)C(NC)=C1O.CC.CC.CC.CC.CCN(CCN(CC(=O)O)CC(=O)NC)C(=O)O.